The molecule has 1 aromatic heterocycles. The molecule has 1 N–H and O–H groups in total. The van der Waals surface area contributed by atoms with Gasteiger partial charge in [-0.3, -0.25) is 14.4 Å². The number of fused-ring (bicyclic) bond motifs is 2. The summed E-state index contributed by atoms with van der Waals surface area (Å²) in [6.45, 7) is 9.99. The molecule has 2 fully saturated rings. The number of ketones is 1. The van der Waals surface area contributed by atoms with Crippen LogP contribution in [0.1, 0.15) is 69.8 Å². The van der Waals surface area contributed by atoms with Crippen LogP contribution in [0.4, 0.5) is 5.69 Å². The fourth-order valence-corrected chi connectivity index (χ4v) is 5.82. The zero-order valence-electron chi connectivity index (χ0n) is 22.2. The summed E-state index contributed by atoms with van der Waals surface area (Å²) in [5.74, 6) is 0.0756. The Morgan fingerprint density at radius 1 is 1.11 bits per heavy atom. The van der Waals surface area contributed by atoms with Gasteiger partial charge in [-0.1, -0.05) is 20.3 Å². The third-order valence-corrected chi connectivity index (χ3v) is 8.23. The summed E-state index contributed by atoms with van der Waals surface area (Å²) >= 11 is 0. The van der Waals surface area contributed by atoms with Crippen molar-refractivity contribution in [3.05, 3.63) is 41.5 Å². The predicted molar refractivity (Wildman–Crippen MR) is 138 cm³/mol. The Kier molecular flexibility index (Phi) is 6.20. The Labute approximate surface area is 217 Å². The third-order valence-electron chi connectivity index (χ3n) is 8.23. The molecule has 1 aromatic carbocycles. The fourth-order valence-electron chi connectivity index (χ4n) is 5.82. The van der Waals surface area contributed by atoms with Crippen LogP contribution in [0.2, 0.25) is 0 Å². The Balaban J connectivity index is 1.47. The van der Waals surface area contributed by atoms with E-state index in [0.717, 1.165) is 36.0 Å². The van der Waals surface area contributed by atoms with E-state index >= 15 is 0 Å². The first-order chi connectivity index (χ1) is 17.6. The molecule has 2 aliphatic heterocycles. The van der Waals surface area contributed by atoms with Crippen molar-refractivity contribution in [3.63, 3.8) is 0 Å². The minimum absolute atomic E-state index is 0.0153. The van der Waals surface area contributed by atoms with E-state index in [1.54, 1.807) is 17.3 Å². The number of amides is 2. The highest BCUT2D eigenvalue weighted by atomic mass is 16.2. The number of unbranched alkanes of at least 4 members (excludes halogenated alkanes) is 1. The topological polar surface area (TPSA) is 117 Å². The summed E-state index contributed by atoms with van der Waals surface area (Å²) in [4.78, 5) is 50.5. The van der Waals surface area contributed by atoms with Crippen molar-refractivity contribution in [2.45, 2.75) is 84.3 Å². The first-order valence-corrected chi connectivity index (χ1v) is 13.1. The van der Waals surface area contributed by atoms with Gasteiger partial charge in [0.15, 0.2) is 11.3 Å². The molecule has 4 atom stereocenters. The fraction of sp³-hybridized carbons (Fsp3) is 0.536. The van der Waals surface area contributed by atoms with Gasteiger partial charge in [0, 0.05) is 36.1 Å². The maximum Gasteiger partial charge on any atom is 0.242 e. The number of benzene rings is 1. The Morgan fingerprint density at radius 2 is 1.84 bits per heavy atom. The molecule has 1 saturated carbocycles. The first kappa shape index (κ1) is 25.2. The summed E-state index contributed by atoms with van der Waals surface area (Å²) in [5, 5.41) is 11.8. The highest BCUT2D eigenvalue weighted by Crippen LogP contribution is 2.60. The largest absolute Gasteiger partial charge is 0.354 e. The van der Waals surface area contributed by atoms with Crippen LogP contribution >= 0.6 is 0 Å². The SMILES string of the molecule is CCCCNC(=O)[C@@H]1C[C@@]2(C)C[C@H]2N1C(=O)CC1(C(C)=O)N=Nc2c(C)cc(-c3cnc(C)nc3)cc21. The minimum atomic E-state index is -1.42. The number of carbonyl (C=O) groups is 3. The molecular formula is C28H34N6O3. The molecule has 0 radical (unpaired) electrons. The lowest BCUT2D eigenvalue weighted by atomic mass is 9.81. The molecule has 0 spiro atoms. The van der Waals surface area contributed by atoms with Gasteiger partial charge in [0.25, 0.3) is 0 Å². The van der Waals surface area contributed by atoms with Crippen LogP contribution in [0.25, 0.3) is 11.1 Å². The van der Waals surface area contributed by atoms with E-state index in [-0.39, 0.29) is 35.5 Å². The predicted octanol–water partition coefficient (Wildman–Crippen LogP) is 4.33. The molecule has 37 heavy (non-hydrogen) atoms. The van der Waals surface area contributed by atoms with Crippen molar-refractivity contribution in [1.82, 2.24) is 20.2 Å². The number of rotatable bonds is 8. The molecule has 3 heterocycles. The van der Waals surface area contributed by atoms with Crippen LogP contribution in [0.5, 0.6) is 0 Å². The molecule has 9 nitrogen and oxygen atoms in total. The van der Waals surface area contributed by atoms with E-state index in [1.165, 1.54) is 6.92 Å². The second-order valence-corrected chi connectivity index (χ2v) is 11.0. The number of aryl methyl sites for hydroxylation is 2. The van der Waals surface area contributed by atoms with Gasteiger partial charge >= 0.3 is 0 Å². The maximum atomic E-state index is 13.9. The maximum absolute atomic E-state index is 13.9. The number of carbonyl (C=O) groups excluding carboxylic acids is 3. The number of Topliss-reactive ketones (excluding diaryl/α,β-unsaturated/α-hetero) is 1. The molecule has 5 rings (SSSR count). The van der Waals surface area contributed by atoms with Gasteiger partial charge in [0.1, 0.15) is 11.9 Å². The van der Waals surface area contributed by atoms with Crippen LogP contribution in [-0.2, 0) is 19.9 Å². The number of hydrogen-bond donors (Lipinski definition) is 1. The smallest absolute Gasteiger partial charge is 0.242 e. The lowest BCUT2D eigenvalue weighted by Gasteiger charge is -2.30. The van der Waals surface area contributed by atoms with E-state index in [0.29, 0.717) is 30.0 Å². The Hall–Kier alpha value is -3.49. The molecule has 3 aliphatic rings. The Bertz CT molecular complexity index is 1310. The van der Waals surface area contributed by atoms with Gasteiger partial charge in [0.2, 0.25) is 11.8 Å². The van der Waals surface area contributed by atoms with Crippen LogP contribution in [-0.4, -0.2) is 51.1 Å². The molecule has 1 unspecified atom stereocenters. The summed E-state index contributed by atoms with van der Waals surface area (Å²) in [6, 6.07) is 3.34. The second kappa shape index (κ2) is 9.11. The molecule has 0 bridgehead atoms. The number of azo groups is 1. The number of piperidine rings is 1. The highest BCUT2D eigenvalue weighted by molar-refractivity contribution is 5.98. The highest BCUT2D eigenvalue weighted by Gasteiger charge is 2.65. The number of nitrogens with one attached hydrogen (secondary N) is 1. The molecule has 1 aliphatic carbocycles. The Morgan fingerprint density at radius 3 is 2.51 bits per heavy atom. The number of nitrogens with zero attached hydrogens (tertiary/aromatic N) is 5. The van der Waals surface area contributed by atoms with Crippen LogP contribution in [0.15, 0.2) is 34.8 Å². The number of hydrogen-bond acceptors (Lipinski definition) is 7. The van der Waals surface area contributed by atoms with Gasteiger partial charge in [-0.2, -0.15) is 10.2 Å². The molecule has 194 valence electrons. The van der Waals surface area contributed by atoms with Crippen molar-refractivity contribution < 1.29 is 14.4 Å². The third kappa shape index (κ3) is 4.24. The molecule has 2 aromatic rings. The zero-order chi connectivity index (χ0) is 26.5. The van der Waals surface area contributed by atoms with Gasteiger partial charge in [-0.15, -0.1) is 0 Å². The monoisotopic (exact) mass is 502 g/mol. The van der Waals surface area contributed by atoms with E-state index in [1.807, 2.05) is 26.0 Å². The average Bonchev–Trinajstić information content (AvgIpc) is 3.21. The summed E-state index contributed by atoms with van der Waals surface area (Å²) in [7, 11) is 0. The minimum Gasteiger partial charge on any atom is -0.354 e. The molecule has 1 saturated heterocycles. The lowest BCUT2D eigenvalue weighted by Crippen LogP contribution is -2.50. The first-order valence-electron chi connectivity index (χ1n) is 13.1. The van der Waals surface area contributed by atoms with Gasteiger partial charge in [-0.25, -0.2) is 9.97 Å². The quantitative estimate of drug-likeness (QED) is 0.539. The van der Waals surface area contributed by atoms with Gasteiger partial charge in [0.05, 0.1) is 12.1 Å². The van der Waals surface area contributed by atoms with Crippen molar-refractivity contribution in [1.29, 1.82) is 0 Å². The molecular weight excluding hydrogens is 468 g/mol. The zero-order valence-corrected chi connectivity index (χ0v) is 22.2. The van der Waals surface area contributed by atoms with Gasteiger partial charge in [-0.05, 0) is 68.7 Å². The number of likely N-dealkylation sites (tertiary alicyclic amines) is 1. The second-order valence-electron chi connectivity index (χ2n) is 11.0. The summed E-state index contributed by atoms with van der Waals surface area (Å²) in [5.41, 5.74) is 2.27. The average molecular weight is 503 g/mol. The van der Waals surface area contributed by atoms with Crippen molar-refractivity contribution in [3.8, 4) is 11.1 Å². The van der Waals surface area contributed by atoms with E-state index in [9.17, 15) is 14.4 Å². The van der Waals surface area contributed by atoms with Crippen molar-refractivity contribution in [2.75, 3.05) is 6.54 Å². The van der Waals surface area contributed by atoms with E-state index < -0.39 is 11.6 Å². The lowest BCUT2D eigenvalue weighted by molar-refractivity contribution is -0.142. The van der Waals surface area contributed by atoms with Crippen molar-refractivity contribution >= 4 is 23.3 Å². The number of aromatic nitrogens is 2. The molecule has 2 amide bonds. The normalized spacial score (nSPS) is 27.1. The van der Waals surface area contributed by atoms with Gasteiger partial charge < -0.3 is 10.2 Å². The van der Waals surface area contributed by atoms with Crippen LogP contribution in [0, 0.1) is 19.3 Å². The molecule has 9 heteroatoms. The van der Waals surface area contributed by atoms with Crippen LogP contribution in [0.3, 0.4) is 0 Å². The summed E-state index contributed by atoms with van der Waals surface area (Å²) < 4.78 is 0. The van der Waals surface area contributed by atoms with E-state index in [4.69, 9.17) is 0 Å². The van der Waals surface area contributed by atoms with Crippen molar-refractivity contribution in [2.24, 2.45) is 15.6 Å². The summed E-state index contributed by atoms with van der Waals surface area (Å²) in [6.07, 6.45) is 6.72. The van der Waals surface area contributed by atoms with E-state index in [2.05, 4.69) is 39.4 Å². The van der Waals surface area contributed by atoms with Crippen LogP contribution < -0.4 is 5.32 Å². The standard InChI is InChI=1S/C28H34N6O3/c1-6-7-8-29-26(37)22-11-27(5)12-23(27)34(22)24(36)13-28(17(3)35)21-10-19(9-16(2)25(21)32-33-28)20-14-30-18(4)31-15-20/h9-10,14-15,22-23H,6-8,11-13H2,1-5H3,(H,29,37)/t22-,23+,27-,28?/m0/s1.